The summed E-state index contributed by atoms with van der Waals surface area (Å²) in [5.41, 5.74) is 2.25. The number of ether oxygens (including phenoxy) is 2. The summed E-state index contributed by atoms with van der Waals surface area (Å²) in [6.45, 7) is 10.5. The Morgan fingerprint density at radius 2 is 1.95 bits per heavy atom. The van der Waals surface area contributed by atoms with E-state index in [4.69, 9.17) is 9.47 Å². The van der Waals surface area contributed by atoms with Crippen molar-refractivity contribution in [2.75, 3.05) is 6.61 Å². The first-order valence-electron chi connectivity index (χ1n) is 7.43. The minimum atomic E-state index is -0.513. The molecule has 0 saturated heterocycles. The van der Waals surface area contributed by atoms with E-state index in [1.165, 1.54) is 5.56 Å². The van der Waals surface area contributed by atoms with Gasteiger partial charge in [-0.25, -0.2) is 4.79 Å². The third kappa shape index (κ3) is 4.55. The van der Waals surface area contributed by atoms with Gasteiger partial charge in [-0.2, -0.15) is 0 Å². The molecule has 1 aromatic carbocycles. The van der Waals surface area contributed by atoms with Crippen LogP contribution >= 0.6 is 0 Å². The highest BCUT2D eigenvalue weighted by Crippen LogP contribution is 2.26. The van der Waals surface area contributed by atoms with Gasteiger partial charge in [-0.1, -0.05) is 39.3 Å². The van der Waals surface area contributed by atoms with E-state index in [0.29, 0.717) is 18.9 Å². The highest BCUT2D eigenvalue weighted by atomic mass is 16.6. The molecule has 0 aliphatic rings. The van der Waals surface area contributed by atoms with Crippen LogP contribution in [0, 0.1) is 6.92 Å². The number of rotatable bonds is 7. The number of aryl methyl sites for hydroxylation is 1. The molecule has 0 spiro atoms. The molecule has 0 radical (unpaired) electrons. The topological polar surface area (TPSA) is 35.5 Å². The van der Waals surface area contributed by atoms with Gasteiger partial charge in [-0.05, 0) is 43.4 Å². The van der Waals surface area contributed by atoms with Crippen LogP contribution in [0.15, 0.2) is 18.2 Å². The van der Waals surface area contributed by atoms with Crippen LogP contribution in [-0.4, -0.2) is 18.7 Å². The lowest BCUT2D eigenvalue weighted by molar-refractivity contribution is -0.151. The molecule has 0 fully saturated rings. The average Bonchev–Trinajstić information content (AvgIpc) is 2.40. The van der Waals surface area contributed by atoms with Crippen LogP contribution in [-0.2, 0) is 9.53 Å². The number of esters is 1. The van der Waals surface area contributed by atoms with Crippen molar-refractivity contribution in [3.63, 3.8) is 0 Å². The van der Waals surface area contributed by atoms with Crippen LogP contribution in [0.5, 0.6) is 5.75 Å². The second-order valence-electron chi connectivity index (χ2n) is 5.33. The van der Waals surface area contributed by atoms with Crippen molar-refractivity contribution in [2.24, 2.45) is 0 Å². The van der Waals surface area contributed by atoms with Crippen LogP contribution in [0.25, 0.3) is 0 Å². The monoisotopic (exact) mass is 278 g/mol. The molecule has 0 saturated carbocycles. The molecule has 3 heteroatoms. The van der Waals surface area contributed by atoms with Crippen molar-refractivity contribution in [2.45, 2.75) is 59.5 Å². The number of benzene rings is 1. The van der Waals surface area contributed by atoms with Crippen molar-refractivity contribution in [1.82, 2.24) is 0 Å². The van der Waals surface area contributed by atoms with Crippen molar-refractivity contribution < 1.29 is 14.3 Å². The normalized spacial score (nSPS) is 12.3. The van der Waals surface area contributed by atoms with Crippen LogP contribution in [0.2, 0.25) is 0 Å². The van der Waals surface area contributed by atoms with E-state index in [-0.39, 0.29) is 5.97 Å². The number of hydrogen-bond acceptors (Lipinski definition) is 3. The number of hydrogen-bond donors (Lipinski definition) is 0. The lowest BCUT2D eigenvalue weighted by Gasteiger charge is -2.19. The van der Waals surface area contributed by atoms with Gasteiger partial charge in [0, 0.05) is 0 Å². The molecular formula is C17H26O3. The molecule has 1 atom stereocenters. The maximum absolute atomic E-state index is 11.9. The summed E-state index contributed by atoms with van der Waals surface area (Å²) in [5, 5.41) is 0. The van der Waals surface area contributed by atoms with Crippen molar-refractivity contribution in [3.05, 3.63) is 29.3 Å². The van der Waals surface area contributed by atoms with Gasteiger partial charge in [-0.15, -0.1) is 0 Å². The highest BCUT2D eigenvalue weighted by Gasteiger charge is 2.21. The smallest absolute Gasteiger partial charge is 0.347 e. The van der Waals surface area contributed by atoms with Crippen molar-refractivity contribution >= 4 is 5.97 Å². The lowest BCUT2D eigenvalue weighted by Crippen LogP contribution is -2.29. The predicted molar refractivity (Wildman–Crippen MR) is 81.2 cm³/mol. The quantitative estimate of drug-likeness (QED) is 0.700. The van der Waals surface area contributed by atoms with Crippen molar-refractivity contribution in [3.8, 4) is 5.75 Å². The predicted octanol–water partition coefficient (Wildman–Crippen LogP) is 4.23. The summed E-state index contributed by atoms with van der Waals surface area (Å²) in [4.78, 5) is 11.9. The largest absolute Gasteiger partial charge is 0.478 e. The first-order chi connectivity index (χ1) is 9.49. The molecule has 0 bridgehead atoms. The Morgan fingerprint density at radius 1 is 1.25 bits per heavy atom. The van der Waals surface area contributed by atoms with Crippen LogP contribution < -0.4 is 4.74 Å². The Hall–Kier alpha value is -1.51. The van der Waals surface area contributed by atoms with Gasteiger partial charge in [-0.3, -0.25) is 0 Å². The van der Waals surface area contributed by atoms with E-state index in [2.05, 4.69) is 19.9 Å². The summed E-state index contributed by atoms with van der Waals surface area (Å²) in [6, 6.07) is 6.17. The SMILES string of the molecule is CCCC(Oc1cc(C(C)C)ccc1C)C(=O)OCC. The molecule has 1 rings (SSSR count). The molecule has 0 N–H and O–H groups in total. The second-order valence-corrected chi connectivity index (χ2v) is 5.33. The number of carbonyl (C=O) groups is 1. The summed E-state index contributed by atoms with van der Waals surface area (Å²) < 4.78 is 11.0. The average molecular weight is 278 g/mol. The van der Waals surface area contributed by atoms with E-state index in [1.807, 2.05) is 32.9 Å². The van der Waals surface area contributed by atoms with Gasteiger partial charge >= 0.3 is 5.97 Å². The second kappa shape index (κ2) is 7.93. The van der Waals surface area contributed by atoms with E-state index in [1.54, 1.807) is 0 Å². The number of carbonyl (C=O) groups excluding carboxylic acids is 1. The summed E-state index contributed by atoms with van der Waals surface area (Å²) in [5.74, 6) is 0.941. The molecule has 0 aromatic heterocycles. The minimum absolute atomic E-state index is 0.274. The first kappa shape index (κ1) is 16.5. The molecule has 1 unspecified atom stereocenters. The van der Waals surface area contributed by atoms with Crippen LogP contribution in [0.3, 0.4) is 0 Å². The van der Waals surface area contributed by atoms with Gasteiger partial charge in [0.2, 0.25) is 0 Å². The molecule has 0 aliphatic carbocycles. The fraction of sp³-hybridized carbons (Fsp3) is 0.588. The lowest BCUT2D eigenvalue weighted by atomic mass is 10.0. The van der Waals surface area contributed by atoms with Crippen LogP contribution in [0.4, 0.5) is 0 Å². The highest BCUT2D eigenvalue weighted by molar-refractivity contribution is 5.75. The first-order valence-corrected chi connectivity index (χ1v) is 7.43. The standard InChI is InChI=1S/C17H26O3/c1-6-8-15(17(18)19-7-2)20-16-11-14(12(3)4)10-9-13(16)5/h9-12,15H,6-8H2,1-5H3. The van der Waals surface area contributed by atoms with Gasteiger partial charge in [0.15, 0.2) is 6.10 Å². The zero-order valence-electron chi connectivity index (χ0n) is 13.2. The van der Waals surface area contributed by atoms with Gasteiger partial charge in [0.05, 0.1) is 6.61 Å². The van der Waals surface area contributed by atoms with Crippen molar-refractivity contribution in [1.29, 1.82) is 0 Å². The Labute approximate surface area is 122 Å². The van der Waals surface area contributed by atoms with E-state index in [0.717, 1.165) is 17.7 Å². The zero-order chi connectivity index (χ0) is 15.1. The molecule has 0 amide bonds. The Morgan fingerprint density at radius 3 is 2.50 bits per heavy atom. The molecule has 112 valence electrons. The van der Waals surface area contributed by atoms with E-state index >= 15 is 0 Å². The molecule has 20 heavy (non-hydrogen) atoms. The van der Waals surface area contributed by atoms with Gasteiger partial charge in [0.25, 0.3) is 0 Å². The molecular weight excluding hydrogens is 252 g/mol. The minimum Gasteiger partial charge on any atom is -0.478 e. The fourth-order valence-corrected chi connectivity index (χ4v) is 1.98. The third-order valence-electron chi connectivity index (χ3n) is 3.25. The van der Waals surface area contributed by atoms with Crippen LogP contribution in [0.1, 0.15) is 57.6 Å². The molecule has 3 nitrogen and oxygen atoms in total. The van der Waals surface area contributed by atoms with Gasteiger partial charge < -0.3 is 9.47 Å². The maximum Gasteiger partial charge on any atom is 0.347 e. The van der Waals surface area contributed by atoms with E-state index in [9.17, 15) is 4.79 Å². The summed E-state index contributed by atoms with van der Waals surface area (Å²) in [7, 11) is 0. The molecule has 0 aliphatic heterocycles. The summed E-state index contributed by atoms with van der Waals surface area (Å²) >= 11 is 0. The Bertz CT molecular complexity index is 438. The Kier molecular flexibility index (Phi) is 6.56. The molecule has 1 aromatic rings. The zero-order valence-corrected chi connectivity index (χ0v) is 13.2. The fourth-order valence-electron chi connectivity index (χ4n) is 1.98. The maximum atomic E-state index is 11.9. The third-order valence-corrected chi connectivity index (χ3v) is 3.25. The van der Waals surface area contributed by atoms with Gasteiger partial charge in [0.1, 0.15) is 5.75 Å². The molecule has 0 heterocycles. The summed E-state index contributed by atoms with van der Waals surface area (Å²) in [6.07, 6.45) is 1.04. The van der Waals surface area contributed by atoms with E-state index < -0.39 is 6.10 Å². The Balaban J connectivity index is 2.92.